The van der Waals surface area contributed by atoms with E-state index in [0.717, 1.165) is 32.1 Å². The molecular formula is C20H30O12. The Morgan fingerprint density at radius 1 is 0.438 bits per heavy atom. The lowest BCUT2D eigenvalue weighted by molar-refractivity contribution is -0.203. The predicted molar refractivity (Wildman–Crippen MR) is 106 cm³/mol. The maximum atomic E-state index is 11.8. The van der Waals surface area contributed by atoms with Crippen molar-refractivity contribution in [3.8, 4) is 0 Å². The van der Waals surface area contributed by atoms with Gasteiger partial charge in [0.25, 0.3) is 5.41 Å². The number of carboxylic acid groups (broad SMARTS) is 6. The third-order valence-corrected chi connectivity index (χ3v) is 5.53. The minimum Gasteiger partial charge on any atom is -0.481 e. The second-order valence-corrected chi connectivity index (χ2v) is 7.61. The monoisotopic (exact) mass is 462 g/mol. The molecule has 182 valence electrons. The summed E-state index contributed by atoms with van der Waals surface area (Å²) in [5, 5.41) is 55.3. The Hall–Kier alpha value is -3.18. The van der Waals surface area contributed by atoms with Crippen molar-refractivity contribution < 1.29 is 59.4 Å². The highest BCUT2D eigenvalue weighted by atomic mass is 16.4. The van der Waals surface area contributed by atoms with Crippen molar-refractivity contribution in [2.24, 2.45) is 10.8 Å². The zero-order valence-corrected chi connectivity index (χ0v) is 17.6. The zero-order valence-electron chi connectivity index (χ0n) is 17.6. The highest BCUT2D eigenvalue weighted by Gasteiger charge is 2.76. The van der Waals surface area contributed by atoms with E-state index < -0.39 is 53.1 Å². The van der Waals surface area contributed by atoms with Gasteiger partial charge in [0.1, 0.15) is 0 Å². The lowest BCUT2D eigenvalue weighted by atomic mass is 9.60. The van der Waals surface area contributed by atoms with Crippen LogP contribution in [0.2, 0.25) is 0 Å². The largest absolute Gasteiger partial charge is 0.481 e. The molecule has 12 nitrogen and oxygen atoms in total. The molecule has 0 aliphatic carbocycles. The van der Waals surface area contributed by atoms with Crippen LogP contribution in [0, 0.1) is 10.8 Å². The van der Waals surface area contributed by atoms with Gasteiger partial charge in [-0.3, -0.25) is 28.8 Å². The van der Waals surface area contributed by atoms with Gasteiger partial charge in [-0.15, -0.1) is 0 Å². The number of unbranched alkanes of at least 4 members (excludes halogenated alkanes) is 9. The molecule has 6 N–H and O–H groups in total. The first-order valence-corrected chi connectivity index (χ1v) is 10.3. The van der Waals surface area contributed by atoms with Crippen molar-refractivity contribution in [3.63, 3.8) is 0 Å². The van der Waals surface area contributed by atoms with Crippen molar-refractivity contribution in [3.05, 3.63) is 0 Å². The minimum atomic E-state index is -4.09. The van der Waals surface area contributed by atoms with Crippen LogP contribution in [0.3, 0.4) is 0 Å². The van der Waals surface area contributed by atoms with Gasteiger partial charge in [-0.05, 0) is 12.8 Å². The predicted octanol–water partition coefficient (Wildman–Crippen LogP) is 2.15. The molecule has 32 heavy (non-hydrogen) atoms. The van der Waals surface area contributed by atoms with E-state index in [4.69, 9.17) is 5.11 Å². The van der Waals surface area contributed by atoms with Crippen LogP contribution in [0.25, 0.3) is 0 Å². The van der Waals surface area contributed by atoms with E-state index in [-0.39, 0.29) is 19.3 Å². The maximum Gasteiger partial charge on any atom is 0.334 e. The third kappa shape index (κ3) is 6.66. The number of rotatable bonds is 19. The van der Waals surface area contributed by atoms with E-state index in [0.29, 0.717) is 19.3 Å². The fraction of sp³-hybridized carbons (Fsp3) is 0.700. The topological polar surface area (TPSA) is 224 Å². The van der Waals surface area contributed by atoms with E-state index in [9.17, 15) is 54.3 Å². The van der Waals surface area contributed by atoms with E-state index in [1.807, 2.05) is 0 Å². The molecule has 0 fully saturated rings. The molecule has 0 unspecified atom stereocenters. The van der Waals surface area contributed by atoms with Crippen LogP contribution >= 0.6 is 0 Å². The third-order valence-electron chi connectivity index (χ3n) is 5.53. The molecule has 0 aromatic rings. The molecule has 0 saturated carbocycles. The van der Waals surface area contributed by atoms with Crippen LogP contribution in [0.1, 0.15) is 77.0 Å². The maximum absolute atomic E-state index is 11.8. The van der Waals surface area contributed by atoms with Gasteiger partial charge in [-0.2, -0.15) is 0 Å². The standard InChI is InChI=1S/C20H30O12/c21-13(22)11-9-7-5-3-1-2-4-6-8-10-12-19(14(23)24,15(25)26)20(16(27)28,17(29)30)18(31)32/h1-12H2,(H,21,22)(H,23,24)(H,25,26)(H,27,28)(H,29,30)(H,31,32). The Bertz CT molecular complexity index is 661. The van der Waals surface area contributed by atoms with Crippen LogP contribution in [0.4, 0.5) is 0 Å². The molecule has 0 atom stereocenters. The molecule has 0 radical (unpaired) electrons. The van der Waals surface area contributed by atoms with E-state index >= 15 is 0 Å². The fourth-order valence-corrected chi connectivity index (χ4v) is 3.72. The Kier molecular flexibility index (Phi) is 12.0. The summed E-state index contributed by atoms with van der Waals surface area (Å²) in [6.07, 6.45) is 5.44. The molecule has 0 spiro atoms. The summed E-state index contributed by atoms with van der Waals surface area (Å²) in [4.78, 5) is 68.7. The number of hydrogen-bond donors (Lipinski definition) is 6. The Morgan fingerprint density at radius 3 is 1.03 bits per heavy atom. The van der Waals surface area contributed by atoms with Gasteiger partial charge in [-0.25, -0.2) is 0 Å². The van der Waals surface area contributed by atoms with Gasteiger partial charge in [0.05, 0.1) is 0 Å². The molecule has 0 aromatic carbocycles. The summed E-state index contributed by atoms with van der Waals surface area (Å²) < 4.78 is 0. The number of aliphatic carboxylic acids is 6. The molecule has 0 aromatic heterocycles. The summed E-state index contributed by atoms with van der Waals surface area (Å²) in [6.45, 7) is 0. The molecule has 0 rings (SSSR count). The van der Waals surface area contributed by atoms with Crippen molar-refractivity contribution in [1.82, 2.24) is 0 Å². The van der Waals surface area contributed by atoms with Gasteiger partial charge < -0.3 is 30.6 Å². The van der Waals surface area contributed by atoms with Gasteiger partial charge in [-0.1, -0.05) is 57.8 Å². The van der Waals surface area contributed by atoms with Gasteiger partial charge in [0, 0.05) is 6.42 Å². The van der Waals surface area contributed by atoms with Crippen molar-refractivity contribution in [2.75, 3.05) is 0 Å². The average Bonchev–Trinajstić information content (AvgIpc) is 2.66. The summed E-state index contributed by atoms with van der Waals surface area (Å²) >= 11 is 0. The zero-order chi connectivity index (χ0) is 24.9. The van der Waals surface area contributed by atoms with Crippen molar-refractivity contribution >= 4 is 35.8 Å². The smallest absolute Gasteiger partial charge is 0.334 e. The van der Waals surface area contributed by atoms with Crippen molar-refractivity contribution in [2.45, 2.75) is 77.0 Å². The van der Waals surface area contributed by atoms with Crippen LogP contribution < -0.4 is 0 Å². The minimum absolute atomic E-state index is 0.140. The lowest BCUT2D eigenvalue weighted by Crippen LogP contribution is -2.65. The Labute approximate surface area is 183 Å². The molecule has 0 saturated heterocycles. The average molecular weight is 462 g/mol. The van der Waals surface area contributed by atoms with Gasteiger partial charge in [0.2, 0.25) is 5.41 Å². The molecule has 0 aliphatic heterocycles. The SMILES string of the molecule is O=C(O)CCCCCCCCCCCCC(C(=O)O)(C(=O)O)C(C(=O)O)(C(=O)O)C(=O)O. The quantitative estimate of drug-likeness (QED) is 0.120. The molecule has 0 bridgehead atoms. The summed E-state index contributed by atoms with van der Waals surface area (Å²) in [5.74, 6) is -13.3. The van der Waals surface area contributed by atoms with Crippen LogP contribution in [-0.2, 0) is 28.8 Å². The first-order valence-electron chi connectivity index (χ1n) is 10.3. The first-order chi connectivity index (χ1) is 14.9. The molecule has 0 heterocycles. The number of hydrogen-bond acceptors (Lipinski definition) is 6. The first kappa shape index (κ1) is 28.8. The van der Waals surface area contributed by atoms with Gasteiger partial charge in [0.15, 0.2) is 0 Å². The number of carbonyl (C=O) groups is 6. The second-order valence-electron chi connectivity index (χ2n) is 7.61. The molecular weight excluding hydrogens is 432 g/mol. The van der Waals surface area contributed by atoms with Crippen LogP contribution in [0.5, 0.6) is 0 Å². The van der Waals surface area contributed by atoms with Gasteiger partial charge >= 0.3 is 35.8 Å². The van der Waals surface area contributed by atoms with E-state index in [1.165, 1.54) is 0 Å². The van der Waals surface area contributed by atoms with Crippen LogP contribution in [0.15, 0.2) is 0 Å². The van der Waals surface area contributed by atoms with E-state index in [2.05, 4.69) is 0 Å². The molecule has 0 amide bonds. The lowest BCUT2D eigenvalue weighted by Gasteiger charge is -2.35. The highest BCUT2D eigenvalue weighted by Crippen LogP contribution is 2.46. The Morgan fingerprint density at radius 2 is 0.750 bits per heavy atom. The summed E-state index contributed by atoms with van der Waals surface area (Å²) in [7, 11) is 0. The number of carboxylic acids is 6. The summed E-state index contributed by atoms with van der Waals surface area (Å²) in [5.41, 5.74) is -7.68. The fourth-order valence-electron chi connectivity index (χ4n) is 3.72. The normalized spacial score (nSPS) is 11.6. The second kappa shape index (κ2) is 13.3. The van der Waals surface area contributed by atoms with Crippen molar-refractivity contribution in [1.29, 1.82) is 0 Å². The van der Waals surface area contributed by atoms with E-state index in [1.54, 1.807) is 0 Å². The Balaban J connectivity index is 4.88. The molecule has 12 heteroatoms. The summed E-state index contributed by atoms with van der Waals surface area (Å²) in [6, 6.07) is 0. The highest BCUT2D eigenvalue weighted by molar-refractivity contribution is 6.24. The van der Waals surface area contributed by atoms with Crippen LogP contribution in [-0.4, -0.2) is 66.5 Å². The molecule has 0 aliphatic rings.